The zero-order valence-electron chi connectivity index (χ0n) is 17.3. The molecule has 0 saturated heterocycles. The average Bonchev–Trinajstić information content (AvgIpc) is 3.21. The molecule has 0 fully saturated rings. The third kappa shape index (κ3) is 9.58. The molecule has 0 aliphatic heterocycles. The highest BCUT2D eigenvalue weighted by Gasteiger charge is 2.08. The van der Waals surface area contributed by atoms with Crippen LogP contribution in [0.1, 0.15) is 21.7 Å². The van der Waals surface area contributed by atoms with Crippen LogP contribution in [-0.4, -0.2) is 62.5 Å². The maximum absolute atomic E-state index is 12.1. The number of thioether (sulfide) groups is 1. The van der Waals surface area contributed by atoms with E-state index in [0.717, 1.165) is 55.5 Å². The van der Waals surface area contributed by atoms with Crippen molar-refractivity contribution in [2.75, 3.05) is 45.7 Å². The summed E-state index contributed by atoms with van der Waals surface area (Å²) in [5.74, 6) is 2.77. The van der Waals surface area contributed by atoms with Gasteiger partial charge >= 0.3 is 0 Å². The molecular weight excluding hydrogens is 499 g/mol. The molecule has 0 saturated carbocycles. The van der Waals surface area contributed by atoms with Gasteiger partial charge in [0.2, 0.25) is 0 Å². The van der Waals surface area contributed by atoms with Gasteiger partial charge in [0.05, 0.1) is 12.8 Å². The number of nitrogens with zero attached hydrogens (tertiary/aromatic N) is 2. The van der Waals surface area contributed by atoms with E-state index < -0.39 is 0 Å². The topological polar surface area (TPSA) is 69.9 Å². The maximum atomic E-state index is 12.1. The van der Waals surface area contributed by atoms with Crippen LogP contribution in [0.15, 0.2) is 52.1 Å². The second-order valence-corrected chi connectivity index (χ2v) is 7.54. The molecule has 1 amide bonds. The number of aliphatic imine (C=N–C) groups is 1. The van der Waals surface area contributed by atoms with Gasteiger partial charge in [-0.2, -0.15) is 11.8 Å². The Balaban J connectivity index is 0.00000420. The fourth-order valence-corrected chi connectivity index (χ4v) is 2.90. The minimum Gasteiger partial charge on any atom is -0.469 e. The number of nitrogens with one attached hydrogen (secondary N) is 2. The molecule has 2 N–H and O–H groups in total. The highest BCUT2D eigenvalue weighted by molar-refractivity contribution is 14.0. The van der Waals surface area contributed by atoms with Crippen molar-refractivity contribution in [2.24, 2.45) is 4.99 Å². The van der Waals surface area contributed by atoms with Crippen molar-refractivity contribution >= 4 is 47.6 Å². The lowest BCUT2D eigenvalue weighted by atomic mass is 10.1. The Hall–Kier alpha value is -1.68. The van der Waals surface area contributed by atoms with Gasteiger partial charge in [-0.1, -0.05) is 12.1 Å². The van der Waals surface area contributed by atoms with Gasteiger partial charge in [0.15, 0.2) is 5.96 Å². The lowest BCUT2D eigenvalue weighted by Crippen LogP contribution is -2.39. The van der Waals surface area contributed by atoms with Gasteiger partial charge in [-0.3, -0.25) is 9.79 Å². The van der Waals surface area contributed by atoms with Crippen LogP contribution < -0.4 is 10.6 Å². The molecular formula is C21H31IN4O2S. The normalized spacial score (nSPS) is 10.9. The SMILES string of the molecule is CSCCN=C(NCCc1cccc(C(=O)N(C)C)c1)NCCc1ccco1.I. The molecule has 2 aromatic rings. The molecule has 0 unspecified atom stereocenters. The molecule has 6 nitrogen and oxygen atoms in total. The van der Waals surface area contributed by atoms with E-state index in [1.165, 1.54) is 0 Å². The number of rotatable bonds is 10. The number of carbonyl (C=O) groups excluding carboxylic acids is 1. The largest absolute Gasteiger partial charge is 0.469 e. The zero-order chi connectivity index (χ0) is 20.2. The first-order chi connectivity index (χ1) is 13.6. The van der Waals surface area contributed by atoms with Gasteiger partial charge in [0.25, 0.3) is 5.91 Å². The number of amides is 1. The summed E-state index contributed by atoms with van der Waals surface area (Å²) in [6, 6.07) is 11.7. The number of halogens is 1. The van der Waals surface area contributed by atoms with Crippen molar-refractivity contribution in [1.82, 2.24) is 15.5 Å². The van der Waals surface area contributed by atoms with E-state index in [1.807, 2.05) is 36.4 Å². The highest BCUT2D eigenvalue weighted by Crippen LogP contribution is 2.08. The number of hydrogen-bond acceptors (Lipinski definition) is 4. The molecule has 8 heteroatoms. The smallest absolute Gasteiger partial charge is 0.253 e. The first kappa shape index (κ1) is 25.4. The van der Waals surface area contributed by atoms with E-state index in [-0.39, 0.29) is 29.9 Å². The van der Waals surface area contributed by atoms with Crippen LogP contribution in [0, 0.1) is 0 Å². The van der Waals surface area contributed by atoms with Crippen molar-refractivity contribution in [2.45, 2.75) is 12.8 Å². The predicted octanol–water partition coefficient (Wildman–Crippen LogP) is 3.28. The summed E-state index contributed by atoms with van der Waals surface area (Å²) >= 11 is 1.78. The first-order valence-electron chi connectivity index (χ1n) is 9.44. The molecule has 0 aliphatic carbocycles. The van der Waals surface area contributed by atoms with Crippen LogP contribution in [0.2, 0.25) is 0 Å². The Kier molecular flexibility index (Phi) is 12.5. The summed E-state index contributed by atoms with van der Waals surface area (Å²) in [5.41, 5.74) is 1.84. The van der Waals surface area contributed by atoms with Gasteiger partial charge in [-0.05, 0) is 42.5 Å². The molecule has 160 valence electrons. The Bertz CT molecular complexity index is 751. The van der Waals surface area contributed by atoms with Gasteiger partial charge in [-0.15, -0.1) is 24.0 Å². The van der Waals surface area contributed by atoms with E-state index in [9.17, 15) is 4.79 Å². The fraction of sp³-hybridized carbons (Fsp3) is 0.429. The molecule has 0 spiro atoms. The lowest BCUT2D eigenvalue weighted by Gasteiger charge is -2.13. The van der Waals surface area contributed by atoms with E-state index in [0.29, 0.717) is 5.56 Å². The van der Waals surface area contributed by atoms with Crippen molar-refractivity contribution in [3.05, 3.63) is 59.5 Å². The molecule has 1 aromatic heterocycles. The van der Waals surface area contributed by atoms with Gasteiger partial charge in [-0.25, -0.2) is 0 Å². The first-order valence-corrected chi connectivity index (χ1v) is 10.8. The van der Waals surface area contributed by atoms with Crippen LogP contribution in [0.3, 0.4) is 0 Å². The summed E-state index contributed by atoms with van der Waals surface area (Å²) in [7, 11) is 3.53. The molecule has 0 aliphatic rings. The van der Waals surface area contributed by atoms with Crippen molar-refractivity contribution in [3.8, 4) is 0 Å². The molecule has 2 rings (SSSR count). The minimum atomic E-state index is 0. The standard InChI is InChI=1S/C21H30N4O2S.HI/c1-25(2)20(26)18-7-4-6-17(16-18)9-11-22-21(24-13-15-28-3)23-12-10-19-8-5-14-27-19;/h4-8,14,16H,9-13,15H2,1-3H3,(H2,22,23,24);1H. The quantitative estimate of drug-likeness (QED) is 0.214. The van der Waals surface area contributed by atoms with Crippen molar-refractivity contribution in [1.29, 1.82) is 0 Å². The zero-order valence-corrected chi connectivity index (χ0v) is 20.5. The van der Waals surface area contributed by atoms with Crippen molar-refractivity contribution < 1.29 is 9.21 Å². The van der Waals surface area contributed by atoms with Crippen molar-refractivity contribution in [3.63, 3.8) is 0 Å². The maximum Gasteiger partial charge on any atom is 0.253 e. The highest BCUT2D eigenvalue weighted by atomic mass is 127. The average molecular weight is 530 g/mol. The molecule has 0 radical (unpaired) electrons. The number of furan rings is 1. The Morgan fingerprint density at radius 3 is 2.55 bits per heavy atom. The fourth-order valence-electron chi connectivity index (χ4n) is 2.63. The molecule has 0 bridgehead atoms. The Labute approximate surface area is 194 Å². The van der Waals surface area contributed by atoms with Crippen LogP contribution in [0.25, 0.3) is 0 Å². The number of benzene rings is 1. The summed E-state index contributed by atoms with van der Waals surface area (Å²) in [6.07, 6.45) is 5.39. The van der Waals surface area contributed by atoms with E-state index in [1.54, 1.807) is 37.0 Å². The third-order valence-electron chi connectivity index (χ3n) is 4.10. The van der Waals surface area contributed by atoms with Crippen LogP contribution >= 0.6 is 35.7 Å². The second-order valence-electron chi connectivity index (χ2n) is 6.56. The molecule has 0 atom stereocenters. The number of carbonyl (C=O) groups is 1. The van der Waals surface area contributed by atoms with Crippen LogP contribution in [-0.2, 0) is 12.8 Å². The monoisotopic (exact) mass is 530 g/mol. The summed E-state index contributed by atoms with van der Waals surface area (Å²) in [4.78, 5) is 18.3. The lowest BCUT2D eigenvalue weighted by molar-refractivity contribution is 0.0827. The van der Waals surface area contributed by atoms with Gasteiger partial charge in [0, 0.05) is 44.9 Å². The minimum absolute atomic E-state index is 0. The summed E-state index contributed by atoms with van der Waals surface area (Å²) in [6.45, 7) is 2.26. The number of hydrogen-bond donors (Lipinski definition) is 2. The second kappa shape index (κ2) is 14.3. The van der Waals surface area contributed by atoms with Crippen LogP contribution in [0.5, 0.6) is 0 Å². The Morgan fingerprint density at radius 1 is 1.14 bits per heavy atom. The summed E-state index contributed by atoms with van der Waals surface area (Å²) < 4.78 is 5.37. The van der Waals surface area contributed by atoms with E-state index in [2.05, 4.69) is 21.9 Å². The van der Waals surface area contributed by atoms with E-state index in [4.69, 9.17) is 4.42 Å². The van der Waals surface area contributed by atoms with Crippen LogP contribution in [0.4, 0.5) is 0 Å². The molecule has 1 heterocycles. The third-order valence-corrected chi connectivity index (χ3v) is 4.69. The molecule has 1 aromatic carbocycles. The summed E-state index contributed by atoms with van der Waals surface area (Å²) in [5, 5.41) is 6.74. The number of guanidine groups is 1. The molecule has 29 heavy (non-hydrogen) atoms. The van der Waals surface area contributed by atoms with Gasteiger partial charge in [0.1, 0.15) is 5.76 Å². The van der Waals surface area contributed by atoms with Gasteiger partial charge < -0.3 is 20.0 Å². The predicted molar refractivity (Wildman–Crippen MR) is 133 cm³/mol. The Morgan fingerprint density at radius 2 is 1.90 bits per heavy atom. The van der Waals surface area contributed by atoms with E-state index >= 15 is 0 Å².